The third kappa shape index (κ3) is 3.36. The summed E-state index contributed by atoms with van der Waals surface area (Å²) in [5.74, 6) is 2.05. The Labute approximate surface area is 150 Å². The number of nitrogens with zero attached hydrogens (tertiary/aromatic N) is 6. The number of rotatable bonds is 4. The monoisotopic (exact) mass is 342 g/mol. The quantitative estimate of drug-likeness (QED) is 0.855. The summed E-state index contributed by atoms with van der Waals surface area (Å²) >= 11 is 0. The lowest BCUT2D eigenvalue weighted by molar-refractivity contribution is 0.141. The minimum absolute atomic E-state index is 0.762. The summed E-state index contributed by atoms with van der Waals surface area (Å²) in [5.41, 5.74) is 0.964. The SMILES string of the molecule is CCCc1nc(N2CCC(N3CCCCC3)CC2)c2cnn(C)c2n1. The highest BCUT2D eigenvalue weighted by molar-refractivity contribution is 5.87. The number of anilines is 1. The van der Waals surface area contributed by atoms with Gasteiger partial charge in [-0.1, -0.05) is 13.3 Å². The summed E-state index contributed by atoms with van der Waals surface area (Å²) in [6, 6.07) is 0.762. The molecule has 6 nitrogen and oxygen atoms in total. The van der Waals surface area contributed by atoms with E-state index in [1.54, 1.807) is 0 Å². The fraction of sp³-hybridized carbons (Fsp3) is 0.737. The first-order chi connectivity index (χ1) is 12.3. The second kappa shape index (κ2) is 7.28. The van der Waals surface area contributed by atoms with Crippen molar-refractivity contribution in [1.82, 2.24) is 24.6 Å². The predicted molar refractivity (Wildman–Crippen MR) is 101 cm³/mol. The second-order valence-electron chi connectivity index (χ2n) is 7.53. The maximum atomic E-state index is 4.91. The van der Waals surface area contributed by atoms with E-state index in [1.807, 2.05) is 17.9 Å². The molecule has 2 aliphatic heterocycles. The Kier molecular flexibility index (Phi) is 4.88. The summed E-state index contributed by atoms with van der Waals surface area (Å²) in [7, 11) is 1.97. The van der Waals surface area contributed by atoms with Crippen LogP contribution in [0, 0.1) is 0 Å². The van der Waals surface area contributed by atoms with Crippen molar-refractivity contribution >= 4 is 16.9 Å². The van der Waals surface area contributed by atoms with Gasteiger partial charge in [0.05, 0.1) is 11.6 Å². The summed E-state index contributed by atoms with van der Waals surface area (Å²) in [6.45, 7) is 6.96. The van der Waals surface area contributed by atoms with Gasteiger partial charge in [0, 0.05) is 32.6 Å². The van der Waals surface area contributed by atoms with Crippen LogP contribution in [0.25, 0.3) is 11.0 Å². The molecule has 2 aromatic rings. The Hall–Kier alpha value is -1.69. The lowest BCUT2D eigenvalue weighted by Gasteiger charge is -2.40. The summed E-state index contributed by atoms with van der Waals surface area (Å²) in [4.78, 5) is 14.8. The summed E-state index contributed by atoms with van der Waals surface area (Å²) in [6.07, 6.45) is 10.6. The first kappa shape index (κ1) is 16.8. The van der Waals surface area contributed by atoms with Gasteiger partial charge in [0.2, 0.25) is 0 Å². The summed E-state index contributed by atoms with van der Waals surface area (Å²) in [5, 5.41) is 5.52. The number of fused-ring (bicyclic) bond motifs is 1. The van der Waals surface area contributed by atoms with Gasteiger partial charge in [-0.2, -0.15) is 5.10 Å². The van der Waals surface area contributed by atoms with Gasteiger partial charge in [-0.05, 0) is 45.2 Å². The molecule has 2 aromatic heterocycles. The highest BCUT2D eigenvalue weighted by Crippen LogP contribution is 2.28. The van der Waals surface area contributed by atoms with Crippen molar-refractivity contribution in [3.63, 3.8) is 0 Å². The van der Waals surface area contributed by atoms with Crippen molar-refractivity contribution < 1.29 is 0 Å². The molecule has 0 unspecified atom stereocenters. The smallest absolute Gasteiger partial charge is 0.163 e. The van der Waals surface area contributed by atoms with E-state index in [-0.39, 0.29) is 0 Å². The minimum atomic E-state index is 0.762. The number of aromatic nitrogens is 4. The lowest BCUT2D eigenvalue weighted by atomic mass is 10.00. The van der Waals surface area contributed by atoms with Crippen LogP contribution in [0.15, 0.2) is 6.20 Å². The van der Waals surface area contributed by atoms with Crippen molar-refractivity contribution in [2.75, 3.05) is 31.1 Å². The molecule has 0 bridgehead atoms. The topological polar surface area (TPSA) is 50.1 Å². The Bertz CT molecular complexity index is 710. The zero-order chi connectivity index (χ0) is 17.2. The van der Waals surface area contributed by atoms with Gasteiger partial charge in [-0.25, -0.2) is 9.97 Å². The fourth-order valence-electron chi connectivity index (χ4n) is 4.35. The molecule has 0 atom stereocenters. The zero-order valence-corrected chi connectivity index (χ0v) is 15.6. The van der Waals surface area contributed by atoms with Crippen molar-refractivity contribution in [2.24, 2.45) is 7.05 Å². The van der Waals surface area contributed by atoms with E-state index in [1.165, 1.54) is 45.2 Å². The first-order valence-electron chi connectivity index (χ1n) is 9.94. The van der Waals surface area contributed by atoms with Crippen LogP contribution in [0.2, 0.25) is 0 Å². The molecule has 25 heavy (non-hydrogen) atoms. The van der Waals surface area contributed by atoms with E-state index in [4.69, 9.17) is 9.97 Å². The highest BCUT2D eigenvalue weighted by atomic mass is 15.3. The average Bonchev–Trinajstić information content (AvgIpc) is 3.03. The molecular weight excluding hydrogens is 312 g/mol. The third-order valence-corrected chi connectivity index (χ3v) is 5.76. The van der Waals surface area contributed by atoms with Crippen molar-refractivity contribution in [1.29, 1.82) is 0 Å². The van der Waals surface area contributed by atoms with Crippen molar-refractivity contribution in [3.8, 4) is 0 Å². The van der Waals surface area contributed by atoms with Gasteiger partial charge >= 0.3 is 0 Å². The second-order valence-corrected chi connectivity index (χ2v) is 7.53. The number of hydrogen-bond acceptors (Lipinski definition) is 5. The lowest BCUT2D eigenvalue weighted by Crippen LogP contribution is -2.47. The van der Waals surface area contributed by atoms with Gasteiger partial charge in [0.15, 0.2) is 5.65 Å². The molecule has 0 aromatic carbocycles. The van der Waals surface area contributed by atoms with Crippen LogP contribution >= 0.6 is 0 Å². The molecule has 2 saturated heterocycles. The Morgan fingerprint density at radius 3 is 2.52 bits per heavy atom. The van der Waals surface area contributed by atoms with Crippen LogP contribution in [-0.4, -0.2) is 56.9 Å². The van der Waals surface area contributed by atoms with Gasteiger partial charge in [-0.3, -0.25) is 4.68 Å². The van der Waals surface area contributed by atoms with Crippen LogP contribution in [0.4, 0.5) is 5.82 Å². The van der Waals surface area contributed by atoms with Gasteiger partial charge in [0.1, 0.15) is 11.6 Å². The maximum absolute atomic E-state index is 4.91. The van der Waals surface area contributed by atoms with Gasteiger partial charge in [0.25, 0.3) is 0 Å². The predicted octanol–water partition coefficient (Wildman–Crippen LogP) is 2.77. The zero-order valence-electron chi connectivity index (χ0n) is 15.6. The molecule has 2 fully saturated rings. The Balaban J connectivity index is 1.54. The van der Waals surface area contributed by atoms with Crippen LogP contribution in [0.3, 0.4) is 0 Å². The Morgan fingerprint density at radius 1 is 1.04 bits per heavy atom. The van der Waals surface area contributed by atoms with E-state index in [0.29, 0.717) is 0 Å². The van der Waals surface area contributed by atoms with Gasteiger partial charge in [-0.15, -0.1) is 0 Å². The average molecular weight is 342 g/mol. The molecule has 0 aliphatic carbocycles. The number of likely N-dealkylation sites (tertiary alicyclic amines) is 1. The van der Waals surface area contributed by atoms with E-state index in [9.17, 15) is 0 Å². The molecule has 0 N–H and O–H groups in total. The van der Waals surface area contributed by atoms with E-state index in [2.05, 4.69) is 21.8 Å². The molecule has 0 spiro atoms. The van der Waals surface area contributed by atoms with Crippen LogP contribution in [-0.2, 0) is 13.5 Å². The van der Waals surface area contributed by atoms with E-state index >= 15 is 0 Å². The van der Waals surface area contributed by atoms with Crippen LogP contribution < -0.4 is 4.90 Å². The molecular formula is C19H30N6. The number of hydrogen-bond donors (Lipinski definition) is 0. The normalized spacial score (nSPS) is 20.5. The molecule has 136 valence electrons. The van der Waals surface area contributed by atoms with E-state index in [0.717, 1.165) is 54.6 Å². The molecule has 4 heterocycles. The fourth-order valence-corrected chi connectivity index (χ4v) is 4.35. The van der Waals surface area contributed by atoms with Crippen LogP contribution in [0.5, 0.6) is 0 Å². The summed E-state index contributed by atoms with van der Waals surface area (Å²) < 4.78 is 1.88. The molecule has 0 amide bonds. The number of aryl methyl sites for hydroxylation is 2. The van der Waals surface area contributed by atoms with Crippen molar-refractivity contribution in [3.05, 3.63) is 12.0 Å². The Morgan fingerprint density at radius 2 is 1.80 bits per heavy atom. The molecule has 6 heteroatoms. The largest absolute Gasteiger partial charge is 0.356 e. The molecule has 0 saturated carbocycles. The third-order valence-electron chi connectivity index (χ3n) is 5.76. The minimum Gasteiger partial charge on any atom is -0.356 e. The maximum Gasteiger partial charge on any atom is 0.163 e. The van der Waals surface area contributed by atoms with Crippen LogP contribution in [0.1, 0.15) is 51.3 Å². The first-order valence-corrected chi connectivity index (χ1v) is 9.94. The standard InChI is InChI=1S/C19H30N6/c1-3-7-17-21-18-16(14-20-23(18)2)19(22-17)25-12-8-15(9-13-25)24-10-5-4-6-11-24/h14-15H,3-13H2,1-2H3. The van der Waals surface area contributed by atoms with Crippen molar-refractivity contribution in [2.45, 2.75) is 57.9 Å². The molecule has 0 radical (unpaired) electrons. The highest BCUT2D eigenvalue weighted by Gasteiger charge is 2.27. The molecule has 4 rings (SSSR count). The van der Waals surface area contributed by atoms with Gasteiger partial charge < -0.3 is 9.80 Å². The van der Waals surface area contributed by atoms with E-state index < -0.39 is 0 Å². The number of piperidine rings is 2. The molecule has 2 aliphatic rings.